The van der Waals surface area contributed by atoms with E-state index in [2.05, 4.69) is 0 Å². The van der Waals surface area contributed by atoms with Gasteiger partial charge in [0.2, 0.25) is 6.79 Å². The summed E-state index contributed by atoms with van der Waals surface area (Å²) in [5.41, 5.74) is 0. The first-order valence-electron chi connectivity index (χ1n) is 4.65. The number of rotatable bonds is 2. The fourth-order valence-corrected chi connectivity index (χ4v) is 2.40. The molecule has 0 amide bonds. The zero-order valence-electron chi connectivity index (χ0n) is 8.56. The topological polar surface area (TPSA) is 52.6 Å². The second-order valence-electron chi connectivity index (χ2n) is 3.61. The molecule has 1 aromatic rings. The molecule has 5 heteroatoms. The van der Waals surface area contributed by atoms with E-state index >= 15 is 0 Å². The van der Waals surface area contributed by atoms with E-state index in [0.29, 0.717) is 11.5 Å². The normalized spacial score (nSPS) is 14.6. The van der Waals surface area contributed by atoms with Crippen LogP contribution in [0.25, 0.3) is 0 Å². The van der Waals surface area contributed by atoms with E-state index in [0.717, 1.165) is 0 Å². The highest BCUT2D eigenvalue weighted by Crippen LogP contribution is 2.34. The van der Waals surface area contributed by atoms with Crippen LogP contribution < -0.4 is 9.47 Å². The van der Waals surface area contributed by atoms with Gasteiger partial charge in [0, 0.05) is 6.07 Å². The Kier molecular flexibility index (Phi) is 2.34. The zero-order chi connectivity index (χ0) is 11.1. The number of fused-ring (bicyclic) bond motifs is 1. The van der Waals surface area contributed by atoms with Crippen LogP contribution in [0.3, 0.4) is 0 Å². The Hall–Kier alpha value is -1.23. The van der Waals surface area contributed by atoms with Gasteiger partial charge in [-0.15, -0.1) is 0 Å². The minimum atomic E-state index is -3.23. The van der Waals surface area contributed by atoms with Crippen LogP contribution in [-0.4, -0.2) is 20.5 Å². The lowest BCUT2D eigenvalue weighted by Gasteiger charge is -2.07. The van der Waals surface area contributed by atoms with Crippen LogP contribution in [0.1, 0.15) is 13.8 Å². The number of sulfone groups is 1. The van der Waals surface area contributed by atoms with E-state index in [1.54, 1.807) is 26.0 Å². The molecule has 0 atom stereocenters. The molecule has 1 aromatic carbocycles. The van der Waals surface area contributed by atoms with E-state index < -0.39 is 15.1 Å². The smallest absolute Gasteiger partial charge is 0.231 e. The Morgan fingerprint density at radius 3 is 2.53 bits per heavy atom. The van der Waals surface area contributed by atoms with Crippen molar-refractivity contribution in [1.82, 2.24) is 0 Å². The predicted octanol–water partition coefficient (Wildman–Crippen LogP) is 1.60. The molecule has 1 aliphatic rings. The molecular weight excluding hydrogens is 216 g/mol. The summed E-state index contributed by atoms with van der Waals surface area (Å²) in [5, 5.41) is -0.433. The summed E-state index contributed by atoms with van der Waals surface area (Å²) in [6, 6.07) is 4.68. The van der Waals surface area contributed by atoms with Crippen molar-refractivity contribution in [3.05, 3.63) is 18.2 Å². The Bertz CT molecular complexity index is 476. The second kappa shape index (κ2) is 3.41. The van der Waals surface area contributed by atoms with E-state index in [4.69, 9.17) is 9.47 Å². The summed E-state index contributed by atoms with van der Waals surface area (Å²) in [4.78, 5) is 0.279. The third-order valence-corrected chi connectivity index (χ3v) is 4.45. The maximum atomic E-state index is 11.8. The average molecular weight is 228 g/mol. The van der Waals surface area contributed by atoms with Crippen LogP contribution in [0.15, 0.2) is 23.1 Å². The van der Waals surface area contributed by atoms with Gasteiger partial charge in [-0.05, 0) is 26.0 Å². The molecule has 15 heavy (non-hydrogen) atoms. The van der Waals surface area contributed by atoms with E-state index in [1.165, 1.54) is 6.07 Å². The van der Waals surface area contributed by atoms with Crippen LogP contribution in [0.5, 0.6) is 11.5 Å². The highest BCUT2D eigenvalue weighted by atomic mass is 32.2. The minimum absolute atomic E-state index is 0.153. The number of hydrogen-bond donors (Lipinski definition) is 0. The van der Waals surface area contributed by atoms with Crippen molar-refractivity contribution in [2.24, 2.45) is 0 Å². The summed E-state index contributed by atoms with van der Waals surface area (Å²) in [5.74, 6) is 1.09. The SMILES string of the molecule is CC(C)S(=O)(=O)c1ccc2c(c1)OCO2. The first-order valence-corrected chi connectivity index (χ1v) is 6.20. The highest BCUT2D eigenvalue weighted by Gasteiger charge is 2.22. The molecule has 0 saturated heterocycles. The van der Waals surface area contributed by atoms with E-state index in [-0.39, 0.29) is 11.7 Å². The summed E-state index contributed by atoms with van der Waals surface area (Å²) in [7, 11) is -3.23. The van der Waals surface area contributed by atoms with Gasteiger partial charge in [-0.2, -0.15) is 0 Å². The van der Waals surface area contributed by atoms with Gasteiger partial charge < -0.3 is 9.47 Å². The number of ether oxygens (including phenoxy) is 2. The fraction of sp³-hybridized carbons (Fsp3) is 0.400. The molecule has 0 spiro atoms. The second-order valence-corrected chi connectivity index (χ2v) is 6.11. The van der Waals surface area contributed by atoms with Crippen molar-refractivity contribution >= 4 is 9.84 Å². The molecule has 82 valence electrons. The van der Waals surface area contributed by atoms with Gasteiger partial charge in [-0.1, -0.05) is 0 Å². The molecule has 2 rings (SSSR count). The summed E-state index contributed by atoms with van der Waals surface area (Å²) < 4.78 is 33.9. The lowest BCUT2D eigenvalue weighted by atomic mass is 10.3. The first kappa shape index (κ1) is 10.3. The van der Waals surface area contributed by atoms with Crippen molar-refractivity contribution < 1.29 is 17.9 Å². The molecule has 1 aliphatic heterocycles. The molecule has 0 N–H and O–H groups in total. The average Bonchev–Trinajstić information content (AvgIpc) is 2.63. The maximum absolute atomic E-state index is 11.8. The van der Waals surface area contributed by atoms with Crippen LogP contribution in [0, 0.1) is 0 Å². The van der Waals surface area contributed by atoms with Gasteiger partial charge >= 0.3 is 0 Å². The molecule has 4 nitrogen and oxygen atoms in total. The molecule has 0 aliphatic carbocycles. The van der Waals surface area contributed by atoms with Crippen molar-refractivity contribution in [3.8, 4) is 11.5 Å². The van der Waals surface area contributed by atoms with E-state index in [1.807, 2.05) is 0 Å². The third-order valence-electron chi connectivity index (χ3n) is 2.29. The van der Waals surface area contributed by atoms with E-state index in [9.17, 15) is 8.42 Å². The number of hydrogen-bond acceptors (Lipinski definition) is 4. The summed E-state index contributed by atoms with van der Waals surface area (Å²) in [6.07, 6.45) is 0. The summed E-state index contributed by atoms with van der Waals surface area (Å²) in [6.45, 7) is 3.46. The third kappa shape index (κ3) is 1.67. The Morgan fingerprint density at radius 2 is 1.87 bits per heavy atom. The molecule has 0 fully saturated rings. The molecule has 0 bridgehead atoms. The largest absolute Gasteiger partial charge is 0.454 e. The van der Waals surface area contributed by atoms with Gasteiger partial charge in [-0.25, -0.2) is 8.42 Å². The maximum Gasteiger partial charge on any atom is 0.231 e. The molecular formula is C10H12O4S. The molecule has 1 heterocycles. The van der Waals surface area contributed by atoms with Crippen molar-refractivity contribution in [2.45, 2.75) is 24.0 Å². The van der Waals surface area contributed by atoms with Gasteiger partial charge in [0.15, 0.2) is 21.3 Å². The quantitative estimate of drug-likeness (QED) is 0.771. The van der Waals surface area contributed by atoms with Gasteiger partial charge in [0.25, 0.3) is 0 Å². The van der Waals surface area contributed by atoms with Crippen LogP contribution in [0.4, 0.5) is 0 Å². The zero-order valence-corrected chi connectivity index (χ0v) is 9.37. The number of benzene rings is 1. The minimum Gasteiger partial charge on any atom is -0.454 e. The Morgan fingerprint density at radius 1 is 1.20 bits per heavy atom. The van der Waals surface area contributed by atoms with Gasteiger partial charge in [0.05, 0.1) is 10.1 Å². The van der Waals surface area contributed by atoms with Crippen LogP contribution >= 0.6 is 0 Å². The molecule has 0 saturated carbocycles. The van der Waals surface area contributed by atoms with Crippen molar-refractivity contribution in [3.63, 3.8) is 0 Å². The van der Waals surface area contributed by atoms with Gasteiger partial charge in [-0.3, -0.25) is 0 Å². The monoisotopic (exact) mass is 228 g/mol. The van der Waals surface area contributed by atoms with Gasteiger partial charge in [0.1, 0.15) is 0 Å². The molecule has 0 unspecified atom stereocenters. The molecule has 0 aromatic heterocycles. The fourth-order valence-electron chi connectivity index (χ4n) is 1.33. The lowest BCUT2D eigenvalue weighted by molar-refractivity contribution is 0.174. The first-order chi connectivity index (χ1) is 7.01. The van der Waals surface area contributed by atoms with Crippen LogP contribution in [0.2, 0.25) is 0 Å². The lowest BCUT2D eigenvalue weighted by Crippen LogP contribution is -2.13. The van der Waals surface area contributed by atoms with Crippen molar-refractivity contribution in [2.75, 3.05) is 6.79 Å². The Balaban J connectivity index is 2.48. The van der Waals surface area contributed by atoms with Crippen LogP contribution in [-0.2, 0) is 9.84 Å². The Labute approximate surface area is 88.7 Å². The predicted molar refractivity (Wildman–Crippen MR) is 54.9 cm³/mol. The summed E-state index contributed by atoms with van der Waals surface area (Å²) >= 11 is 0. The molecule has 0 radical (unpaired) electrons. The standard InChI is InChI=1S/C10H12O4S/c1-7(2)15(11,12)8-3-4-9-10(5-8)14-6-13-9/h3-5,7H,6H2,1-2H3. The van der Waals surface area contributed by atoms with Crippen molar-refractivity contribution in [1.29, 1.82) is 0 Å². The highest BCUT2D eigenvalue weighted by molar-refractivity contribution is 7.92.